The number of aliphatic hydroxyl groups is 1. The molecule has 0 spiro atoms. The number of nitrogens with zero attached hydrogens (tertiary/aromatic N) is 1. The van der Waals surface area contributed by atoms with Crippen molar-refractivity contribution in [2.75, 3.05) is 6.54 Å². The van der Waals surface area contributed by atoms with Gasteiger partial charge in [-0.3, -0.25) is 19.2 Å². The summed E-state index contributed by atoms with van der Waals surface area (Å²) in [4.78, 5) is 53.8. The maximum Gasteiger partial charge on any atom is 0.309 e. The van der Waals surface area contributed by atoms with E-state index in [-0.39, 0.29) is 64.3 Å². The van der Waals surface area contributed by atoms with E-state index >= 15 is 0 Å². The Morgan fingerprint density at radius 2 is 1.62 bits per heavy atom. The van der Waals surface area contributed by atoms with E-state index < -0.39 is 28.9 Å². The molecule has 304 valence electrons. The van der Waals surface area contributed by atoms with E-state index in [0.717, 1.165) is 56.1 Å². The highest BCUT2D eigenvalue weighted by atomic mass is 35.5. The lowest BCUT2D eigenvalue weighted by atomic mass is 9.33. The lowest BCUT2D eigenvalue weighted by molar-refractivity contribution is -0.235. The number of carbonyl (C=O) groups is 4. The van der Waals surface area contributed by atoms with Crippen molar-refractivity contribution >= 4 is 35.2 Å². The highest BCUT2D eigenvalue weighted by Crippen LogP contribution is 2.77. The van der Waals surface area contributed by atoms with Gasteiger partial charge in [-0.15, -0.1) is 0 Å². The molecule has 2 N–H and O–H groups in total. The average Bonchev–Trinajstić information content (AvgIpc) is 3.40. The molecule has 4 fully saturated rings. The predicted octanol–water partition coefficient (Wildman–Crippen LogP) is 9.44. The number of halogens is 1. The predicted molar refractivity (Wildman–Crippen MR) is 214 cm³/mol. The second kappa shape index (κ2) is 14.3. The van der Waals surface area contributed by atoms with E-state index in [2.05, 4.69) is 48.5 Å². The maximum atomic E-state index is 14.2. The largest absolute Gasteiger partial charge is 0.481 e. The Morgan fingerprint density at radius 3 is 2.24 bits per heavy atom. The number of allylic oxidation sites excluding steroid dienone is 1. The summed E-state index contributed by atoms with van der Waals surface area (Å²) in [5.74, 6) is -0.481. The fourth-order valence-electron chi connectivity index (χ4n) is 13.4. The molecule has 0 aromatic heterocycles. The van der Waals surface area contributed by atoms with Crippen molar-refractivity contribution in [3.05, 3.63) is 46.0 Å². The first-order valence-electron chi connectivity index (χ1n) is 20.8. The van der Waals surface area contributed by atoms with E-state index in [1.165, 1.54) is 12.5 Å². The highest BCUT2D eigenvalue weighted by Gasteiger charge is 2.71. The van der Waals surface area contributed by atoms with Crippen molar-refractivity contribution in [2.24, 2.45) is 56.2 Å². The minimum atomic E-state index is -1.18. The third-order valence-electron chi connectivity index (χ3n) is 16.7. The van der Waals surface area contributed by atoms with Gasteiger partial charge in [-0.2, -0.15) is 0 Å². The van der Waals surface area contributed by atoms with Gasteiger partial charge in [0.05, 0.1) is 17.9 Å². The summed E-state index contributed by atoms with van der Waals surface area (Å²) in [5.41, 5.74) is 0.654. The SMILES string of the molecule is CC(=O)N(Cc1ccccc1Cl)CC(O)C12CC[C@]3(C)[C@H](CC[C@@H]4[C@@]5(C)CC[C@H](OC(=O)CC(C)(C)C(=O)O)C(C)(C)[C@@H]5CC[C@]43C)C1=C(C(C)C)C(=O)C2. The molecular formula is C46H66ClNO7. The van der Waals surface area contributed by atoms with Gasteiger partial charge in [0.15, 0.2) is 5.78 Å². The van der Waals surface area contributed by atoms with E-state index in [0.29, 0.717) is 36.2 Å². The summed E-state index contributed by atoms with van der Waals surface area (Å²) in [6.45, 7) is 21.3. The fourth-order valence-corrected chi connectivity index (χ4v) is 13.6. The van der Waals surface area contributed by atoms with Crippen molar-refractivity contribution in [2.45, 2.75) is 152 Å². The van der Waals surface area contributed by atoms with Crippen molar-refractivity contribution in [3.63, 3.8) is 0 Å². The zero-order valence-corrected chi connectivity index (χ0v) is 35.8. The maximum absolute atomic E-state index is 14.2. The Labute approximate surface area is 334 Å². The van der Waals surface area contributed by atoms with Gasteiger partial charge in [0, 0.05) is 42.3 Å². The Kier molecular flexibility index (Phi) is 10.9. The van der Waals surface area contributed by atoms with Gasteiger partial charge in [0.25, 0.3) is 0 Å². The second-order valence-corrected chi connectivity index (χ2v) is 21.0. The van der Waals surface area contributed by atoms with Gasteiger partial charge >= 0.3 is 11.9 Å². The number of Topliss-reactive ketones (excluding diaryl/α,β-unsaturated/α-hetero) is 1. The van der Waals surface area contributed by atoms with Gasteiger partial charge in [0.1, 0.15) is 6.10 Å². The van der Waals surface area contributed by atoms with Crippen LogP contribution in [-0.4, -0.2) is 57.5 Å². The number of carbonyl (C=O) groups excluding carboxylic acids is 3. The number of aliphatic hydroxyl groups excluding tert-OH is 1. The van der Waals surface area contributed by atoms with Crippen molar-refractivity contribution < 1.29 is 34.1 Å². The number of esters is 1. The first kappa shape index (κ1) is 41.9. The van der Waals surface area contributed by atoms with Crippen LogP contribution < -0.4 is 0 Å². The lowest BCUT2D eigenvalue weighted by Crippen LogP contribution is -2.66. The molecule has 2 unspecified atom stereocenters. The van der Waals surface area contributed by atoms with E-state index in [1.807, 2.05) is 24.3 Å². The molecule has 8 nitrogen and oxygen atoms in total. The van der Waals surface area contributed by atoms with Crippen LogP contribution in [0.2, 0.25) is 5.02 Å². The standard InChI is InChI=1S/C46H66ClNO7/c1-27(2)38-32(50)23-46(35(51)26-48(28(3)49)25-29-13-11-12-14-31(29)47)22-21-44(9)30(39(38)46)15-16-34-43(8)19-18-36(55-37(52)24-41(4,5)40(53)54)42(6,7)33(43)17-20-45(34,44)10/h11-14,27,30,33-36,51H,15-26H2,1-10H3,(H,53,54)/t30-,33+,34-,35?,36+,43+,44-,45-,46?/m1/s1. The van der Waals surface area contributed by atoms with Crippen molar-refractivity contribution in [3.8, 4) is 0 Å². The van der Waals surface area contributed by atoms with E-state index in [9.17, 15) is 29.4 Å². The van der Waals surface area contributed by atoms with Crippen LogP contribution >= 0.6 is 11.6 Å². The molecule has 1 aromatic rings. The van der Waals surface area contributed by atoms with Crippen LogP contribution in [0.4, 0.5) is 0 Å². The van der Waals surface area contributed by atoms with Gasteiger partial charge < -0.3 is 19.8 Å². The Balaban J connectivity index is 1.29. The fraction of sp³-hybridized carbons (Fsp3) is 0.739. The number of hydrogen-bond acceptors (Lipinski definition) is 6. The number of ether oxygens (including phenoxy) is 1. The number of carboxylic acid groups (broad SMARTS) is 1. The molecule has 4 saturated carbocycles. The van der Waals surface area contributed by atoms with Crippen LogP contribution in [-0.2, 0) is 30.5 Å². The van der Waals surface area contributed by atoms with Crippen LogP contribution in [0.25, 0.3) is 0 Å². The zero-order chi connectivity index (χ0) is 40.7. The number of ketones is 1. The Hall–Kier alpha value is -2.71. The number of aliphatic carboxylic acids is 1. The Morgan fingerprint density at radius 1 is 0.945 bits per heavy atom. The molecule has 1 amide bonds. The molecule has 0 aliphatic heterocycles. The molecule has 55 heavy (non-hydrogen) atoms. The molecule has 9 heteroatoms. The number of rotatable bonds is 10. The minimum absolute atomic E-state index is 0.0143. The molecule has 5 aliphatic rings. The summed E-state index contributed by atoms with van der Waals surface area (Å²) < 4.78 is 6.16. The Bertz CT molecular complexity index is 1770. The first-order valence-corrected chi connectivity index (χ1v) is 21.2. The molecular weight excluding hydrogens is 714 g/mol. The number of benzene rings is 1. The van der Waals surface area contributed by atoms with Crippen LogP contribution in [0.1, 0.15) is 139 Å². The molecule has 0 heterocycles. The molecule has 0 radical (unpaired) electrons. The first-order chi connectivity index (χ1) is 25.5. The van der Waals surface area contributed by atoms with Crippen LogP contribution in [0.3, 0.4) is 0 Å². The molecule has 0 saturated heterocycles. The lowest BCUT2D eigenvalue weighted by Gasteiger charge is -2.72. The molecule has 5 aliphatic carbocycles. The third kappa shape index (κ3) is 6.61. The summed E-state index contributed by atoms with van der Waals surface area (Å²) in [7, 11) is 0. The van der Waals surface area contributed by atoms with Gasteiger partial charge in [0.2, 0.25) is 5.91 Å². The number of carboxylic acids is 1. The molecule has 0 bridgehead atoms. The number of hydrogen-bond donors (Lipinski definition) is 2. The number of amides is 1. The molecule has 9 atom stereocenters. The topological polar surface area (TPSA) is 121 Å². The van der Waals surface area contributed by atoms with Crippen molar-refractivity contribution in [1.29, 1.82) is 0 Å². The summed E-state index contributed by atoms with van der Waals surface area (Å²) in [5, 5.41) is 22.6. The zero-order valence-electron chi connectivity index (χ0n) is 35.0. The van der Waals surface area contributed by atoms with E-state index in [4.69, 9.17) is 16.3 Å². The average molecular weight is 780 g/mol. The van der Waals surface area contributed by atoms with E-state index in [1.54, 1.807) is 18.7 Å². The molecule has 6 rings (SSSR count). The molecule has 1 aromatic carbocycles. The van der Waals surface area contributed by atoms with Gasteiger partial charge in [-0.25, -0.2) is 0 Å². The quantitative estimate of drug-likeness (QED) is 0.227. The monoisotopic (exact) mass is 779 g/mol. The van der Waals surface area contributed by atoms with Gasteiger partial charge in [-0.1, -0.05) is 83.8 Å². The highest BCUT2D eigenvalue weighted by molar-refractivity contribution is 6.31. The van der Waals surface area contributed by atoms with Crippen molar-refractivity contribution in [1.82, 2.24) is 4.90 Å². The summed E-state index contributed by atoms with van der Waals surface area (Å²) in [6.07, 6.45) is 6.28. The summed E-state index contributed by atoms with van der Waals surface area (Å²) in [6, 6.07) is 7.49. The number of fused-ring (bicyclic) bond motifs is 7. The normalized spacial score (nSPS) is 36.0. The second-order valence-electron chi connectivity index (χ2n) is 20.6. The minimum Gasteiger partial charge on any atom is -0.481 e. The van der Waals surface area contributed by atoms with Crippen LogP contribution in [0, 0.1) is 56.2 Å². The third-order valence-corrected chi connectivity index (χ3v) is 17.0. The van der Waals surface area contributed by atoms with Gasteiger partial charge in [-0.05, 0) is 122 Å². The summed E-state index contributed by atoms with van der Waals surface area (Å²) >= 11 is 6.51. The smallest absolute Gasteiger partial charge is 0.309 e. The van der Waals surface area contributed by atoms with Crippen LogP contribution in [0.5, 0.6) is 0 Å². The van der Waals surface area contributed by atoms with Crippen LogP contribution in [0.15, 0.2) is 35.4 Å².